The predicted molar refractivity (Wildman–Crippen MR) is 116 cm³/mol. The lowest BCUT2D eigenvalue weighted by Crippen LogP contribution is -2.63. The third kappa shape index (κ3) is 5.86. The normalized spacial score (nSPS) is 36.8. The van der Waals surface area contributed by atoms with Crippen LogP contribution in [0.1, 0.15) is 10.4 Å². The van der Waals surface area contributed by atoms with Gasteiger partial charge in [0.2, 0.25) is 0 Å². The highest BCUT2D eigenvalue weighted by Gasteiger charge is 2.49. The summed E-state index contributed by atoms with van der Waals surface area (Å²) in [6.07, 6.45) is -13.3. The second kappa shape index (κ2) is 11.6. The van der Waals surface area contributed by atoms with E-state index < -0.39 is 86.3 Å². The number of nitrogen functional groups attached to an aromatic ring is 1. The Morgan fingerprint density at radius 1 is 1.03 bits per heavy atom. The molecule has 2 heterocycles. The average molecular weight is 518 g/mol. The predicted octanol–water partition coefficient (Wildman–Crippen LogP) is -3.68. The Morgan fingerprint density at radius 2 is 1.72 bits per heavy atom. The number of nitrogens with two attached hydrogens (primary N) is 1. The van der Waals surface area contributed by atoms with Crippen molar-refractivity contribution in [2.24, 2.45) is 5.92 Å². The molecule has 4 unspecified atom stereocenters. The van der Waals surface area contributed by atoms with Crippen LogP contribution in [0.15, 0.2) is 18.2 Å². The first-order valence-corrected chi connectivity index (χ1v) is 10.9. The summed E-state index contributed by atoms with van der Waals surface area (Å²) in [7, 11) is 1.46. The number of rotatable bonds is 8. The largest absolute Gasteiger partial charge is 0.507 e. The molecule has 36 heavy (non-hydrogen) atoms. The molecule has 3 rings (SSSR count). The van der Waals surface area contributed by atoms with E-state index in [1.54, 1.807) is 0 Å². The molecule has 15 nitrogen and oxygen atoms in total. The van der Waals surface area contributed by atoms with Crippen molar-refractivity contribution in [1.29, 1.82) is 0 Å². The van der Waals surface area contributed by atoms with E-state index in [0.29, 0.717) is 0 Å². The fourth-order valence-electron chi connectivity index (χ4n) is 4.09. The number of hydrogen-bond donors (Lipinski definition) is 9. The van der Waals surface area contributed by atoms with Crippen molar-refractivity contribution in [1.82, 2.24) is 5.32 Å². The maximum Gasteiger partial charge on any atom is 0.342 e. The van der Waals surface area contributed by atoms with Crippen LogP contribution in [0, 0.1) is 5.92 Å². The molecule has 0 bridgehead atoms. The Morgan fingerprint density at radius 3 is 2.36 bits per heavy atom. The van der Waals surface area contributed by atoms with Crippen LogP contribution in [0.25, 0.3) is 0 Å². The molecule has 2 saturated heterocycles. The zero-order valence-corrected chi connectivity index (χ0v) is 19.1. The lowest BCUT2D eigenvalue weighted by atomic mass is 9.87. The number of aliphatic carboxylic acids is 1. The van der Waals surface area contributed by atoms with Crippen molar-refractivity contribution in [2.75, 3.05) is 26.0 Å². The number of phenols is 1. The summed E-state index contributed by atoms with van der Waals surface area (Å²) >= 11 is 0. The Kier molecular flexibility index (Phi) is 9.04. The first-order valence-electron chi connectivity index (χ1n) is 10.9. The molecule has 0 spiro atoms. The van der Waals surface area contributed by atoms with E-state index in [-0.39, 0.29) is 17.0 Å². The molecule has 2 aliphatic heterocycles. The maximum atomic E-state index is 12.4. The van der Waals surface area contributed by atoms with Crippen LogP contribution in [-0.4, -0.2) is 123 Å². The van der Waals surface area contributed by atoms with Gasteiger partial charge in [-0.3, -0.25) is 0 Å². The average Bonchev–Trinajstić information content (AvgIpc) is 2.83. The fraction of sp³-hybridized carbons (Fsp3) is 0.619. The number of esters is 1. The fourth-order valence-corrected chi connectivity index (χ4v) is 4.09. The third-order valence-corrected chi connectivity index (χ3v) is 6.12. The number of carboxylic acids is 1. The van der Waals surface area contributed by atoms with Crippen LogP contribution in [0.5, 0.6) is 5.75 Å². The molecule has 0 aliphatic carbocycles. The number of aliphatic hydroxyl groups is 5. The van der Waals surface area contributed by atoms with E-state index in [4.69, 9.17) is 29.8 Å². The van der Waals surface area contributed by atoms with E-state index in [1.807, 2.05) is 0 Å². The number of aliphatic hydroxyl groups excluding tert-OH is 5. The number of hydrogen-bond acceptors (Lipinski definition) is 14. The number of aromatic hydroxyl groups is 1. The van der Waals surface area contributed by atoms with Crippen molar-refractivity contribution < 1.29 is 64.3 Å². The van der Waals surface area contributed by atoms with Gasteiger partial charge >= 0.3 is 11.9 Å². The number of phenolic OH excluding ortho intramolecular Hbond substituents is 1. The van der Waals surface area contributed by atoms with Crippen LogP contribution in [0.4, 0.5) is 5.69 Å². The molecule has 1 aromatic carbocycles. The topological polar surface area (TPSA) is 251 Å². The third-order valence-electron chi connectivity index (χ3n) is 6.12. The standard InChI is InChI=1S/C21H30N2O13/c1-23-12-9(5-34-21-16(28)14(26)15(27)17(36-21)18(29)30)13(25)11(35-20(12)32)6-33-19(31)8-4-7(22)2-3-10(8)24/h2-4,9,11-17,20-21,23-28,32H,5-6,22H2,1H3,(H,29,30)/t9-,11?,12?,13+,14+,15-,16?,17?,20+,21+/m0/s1. The molecule has 15 heteroatoms. The highest BCUT2D eigenvalue weighted by atomic mass is 16.7. The molecule has 2 aliphatic rings. The molecule has 10 atom stereocenters. The summed E-state index contributed by atoms with van der Waals surface area (Å²) in [6, 6.07) is 2.86. The van der Waals surface area contributed by atoms with Gasteiger partial charge in [0.1, 0.15) is 42.3 Å². The van der Waals surface area contributed by atoms with Gasteiger partial charge in [-0.1, -0.05) is 0 Å². The van der Waals surface area contributed by atoms with Gasteiger partial charge in [0.05, 0.1) is 18.8 Å². The van der Waals surface area contributed by atoms with Crippen LogP contribution in [0.2, 0.25) is 0 Å². The summed E-state index contributed by atoms with van der Waals surface area (Å²) in [6.45, 7) is -0.975. The molecule has 0 amide bonds. The number of carboxylic acid groups (broad SMARTS) is 1. The monoisotopic (exact) mass is 518 g/mol. The van der Waals surface area contributed by atoms with Crippen molar-refractivity contribution in [2.45, 2.75) is 55.2 Å². The van der Waals surface area contributed by atoms with Gasteiger partial charge in [0, 0.05) is 11.6 Å². The van der Waals surface area contributed by atoms with Crippen LogP contribution < -0.4 is 11.1 Å². The van der Waals surface area contributed by atoms with Crippen LogP contribution in [-0.2, 0) is 23.7 Å². The SMILES string of the molecule is CNC1[C@H](O)OC(COC(=O)c2cc(N)ccc2O)[C@H](O)[C@H]1CO[C@@H]1OC(C(=O)O)[C@@H](O)[C@@H](O)C1O. The van der Waals surface area contributed by atoms with Gasteiger partial charge in [0.25, 0.3) is 0 Å². The van der Waals surface area contributed by atoms with Gasteiger partial charge in [-0.05, 0) is 25.2 Å². The van der Waals surface area contributed by atoms with E-state index >= 15 is 0 Å². The Labute approximate surface area is 204 Å². The number of ether oxygens (including phenoxy) is 4. The molecular formula is C21H30N2O13. The summed E-state index contributed by atoms with van der Waals surface area (Å²) < 4.78 is 21.0. The highest BCUT2D eigenvalue weighted by molar-refractivity contribution is 5.93. The number of carbonyl (C=O) groups is 2. The lowest BCUT2D eigenvalue weighted by molar-refractivity contribution is -0.305. The number of likely N-dealkylation sites (N-methyl/N-ethyl adjacent to an activating group) is 1. The van der Waals surface area contributed by atoms with E-state index in [2.05, 4.69) is 5.32 Å². The van der Waals surface area contributed by atoms with Crippen molar-refractivity contribution in [3.05, 3.63) is 23.8 Å². The van der Waals surface area contributed by atoms with E-state index in [9.17, 15) is 40.2 Å². The van der Waals surface area contributed by atoms with Crippen molar-refractivity contribution in [3.8, 4) is 5.75 Å². The molecule has 10 N–H and O–H groups in total. The zero-order chi connectivity index (χ0) is 26.7. The first-order chi connectivity index (χ1) is 17.0. The molecular weight excluding hydrogens is 488 g/mol. The maximum absolute atomic E-state index is 12.4. The molecule has 1 aromatic rings. The van der Waals surface area contributed by atoms with Gasteiger partial charge in [-0.2, -0.15) is 0 Å². The highest BCUT2D eigenvalue weighted by Crippen LogP contribution is 2.29. The smallest absolute Gasteiger partial charge is 0.342 e. The van der Waals surface area contributed by atoms with Gasteiger partial charge < -0.3 is 65.7 Å². The quantitative estimate of drug-likeness (QED) is 0.0913. The minimum absolute atomic E-state index is 0.202. The molecule has 202 valence electrons. The first kappa shape index (κ1) is 28.0. The molecule has 0 aromatic heterocycles. The lowest BCUT2D eigenvalue weighted by Gasteiger charge is -2.44. The van der Waals surface area contributed by atoms with Crippen molar-refractivity contribution in [3.63, 3.8) is 0 Å². The number of carbonyl (C=O) groups excluding carboxylic acids is 1. The minimum atomic E-state index is -1.91. The van der Waals surface area contributed by atoms with Crippen molar-refractivity contribution >= 4 is 17.6 Å². The van der Waals surface area contributed by atoms with Gasteiger partial charge in [-0.15, -0.1) is 0 Å². The summed E-state index contributed by atoms with van der Waals surface area (Å²) in [5, 5.41) is 72.9. The van der Waals surface area contributed by atoms with Gasteiger partial charge in [0.15, 0.2) is 18.7 Å². The summed E-state index contributed by atoms with van der Waals surface area (Å²) in [5.41, 5.74) is 5.60. The second-order valence-corrected chi connectivity index (χ2v) is 8.48. The Hall–Kier alpha value is -2.60. The molecule has 0 saturated carbocycles. The minimum Gasteiger partial charge on any atom is -0.507 e. The molecule has 2 fully saturated rings. The second-order valence-electron chi connectivity index (χ2n) is 8.48. The Bertz CT molecular complexity index is 933. The number of anilines is 1. The zero-order valence-electron chi connectivity index (χ0n) is 19.1. The summed E-state index contributed by atoms with van der Waals surface area (Å²) in [4.78, 5) is 23.6. The summed E-state index contributed by atoms with van der Waals surface area (Å²) in [5.74, 6) is -3.89. The van der Waals surface area contributed by atoms with Gasteiger partial charge in [-0.25, -0.2) is 9.59 Å². The van der Waals surface area contributed by atoms with Crippen LogP contribution >= 0.6 is 0 Å². The molecule has 0 radical (unpaired) electrons. The number of benzene rings is 1. The Balaban J connectivity index is 1.67. The number of nitrogens with one attached hydrogen (secondary N) is 1. The van der Waals surface area contributed by atoms with Crippen LogP contribution in [0.3, 0.4) is 0 Å². The van der Waals surface area contributed by atoms with E-state index in [0.717, 1.165) is 0 Å². The van der Waals surface area contributed by atoms with E-state index in [1.165, 1.54) is 25.2 Å².